The van der Waals surface area contributed by atoms with Crippen LogP contribution in [0.4, 0.5) is 0 Å². The molecule has 0 saturated carbocycles. The lowest BCUT2D eigenvalue weighted by atomic mass is 10.2. The molecule has 8 heteroatoms. The number of rotatable bonds is 7. The SMILES string of the molecule is COc1cc(OC)c(S(=O)(=O)N[C@@H](C)Cc2ccccn2)cc1Cl. The van der Waals surface area contributed by atoms with Crippen molar-refractivity contribution in [3.63, 3.8) is 0 Å². The van der Waals surface area contributed by atoms with Gasteiger partial charge in [0, 0.05) is 30.4 Å². The van der Waals surface area contributed by atoms with Crippen molar-refractivity contribution in [1.29, 1.82) is 0 Å². The smallest absolute Gasteiger partial charge is 0.244 e. The molecule has 0 saturated heterocycles. The molecule has 1 heterocycles. The lowest BCUT2D eigenvalue weighted by molar-refractivity contribution is 0.386. The molecule has 1 aromatic carbocycles. The van der Waals surface area contributed by atoms with Crippen LogP contribution in [-0.4, -0.2) is 33.7 Å². The van der Waals surface area contributed by atoms with Crippen LogP contribution in [0.15, 0.2) is 41.4 Å². The van der Waals surface area contributed by atoms with Crippen molar-refractivity contribution in [1.82, 2.24) is 9.71 Å². The third-order valence-corrected chi connectivity index (χ3v) is 5.23. The first-order chi connectivity index (χ1) is 11.4. The fourth-order valence-electron chi connectivity index (χ4n) is 2.25. The number of hydrogen-bond donors (Lipinski definition) is 1. The molecule has 0 spiro atoms. The number of nitrogens with one attached hydrogen (secondary N) is 1. The van der Waals surface area contributed by atoms with Gasteiger partial charge in [0.1, 0.15) is 16.4 Å². The summed E-state index contributed by atoms with van der Waals surface area (Å²) in [6.45, 7) is 1.77. The van der Waals surface area contributed by atoms with Gasteiger partial charge in [0.2, 0.25) is 10.0 Å². The summed E-state index contributed by atoms with van der Waals surface area (Å²) in [5.41, 5.74) is 0.799. The van der Waals surface area contributed by atoms with Crippen molar-refractivity contribution >= 4 is 21.6 Å². The summed E-state index contributed by atoms with van der Waals surface area (Å²) in [7, 11) is -0.978. The van der Waals surface area contributed by atoms with E-state index in [0.717, 1.165) is 5.69 Å². The monoisotopic (exact) mass is 370 g/mol. The number of hydrogen-bond acceptors (Lipinski definition) is 5. The fourth-order valence-corrected chi connectivity index (χ4v) is 3.97. The van der Waals surface area contributed by atoms with Crippen LogP contribution < -0.4 is 14.2 Å². The molecule has 2 rings (SSSR count). The van der Waals surface area contributed by atoms with Gasteiger partial charge >= 0.3 is 0 Å². The third kappa shape index (κ3) is 4.37. The van der Waals surface area contributed by atoms with Crippen molar-refractivity contribution in [2.24, 2.45) is 0 Å². The average Bonchev–Trinajstić information content (AvgIpc) is 2.54. The average molecular weight is 371 g/mol. The second-order valence-electron chi connectivity index (χ2n) is 5.19. The highest BCUT2D eigenvalue weighted by atomic mass is 35.5. The summed E-state index contributed by atoms with van der Waals surface area (Å²) in [5, 5.41) is 0.191. The van der Waals surface area contributed by atoms with Crippen molar-refractivity contribution in [3.05, 3.63) is 47.2 Å². The Morgan fingerprint density at radius 1 is 1.21 bits per heavy atom. The highest BCUT2D eigenvalue weighted by Gasteiger charge is 2.24. The van der Waals surface area contributed by atoms with E-state index in [1.165, 1.54) is 26.4 Å². The Morgan fingerprint density at radius 2 is 1.92 bits per heavy atom. The molecule has 1 N–H and O–H groups in total. The van der Waals surface area contributed by atoms with E-state index in [4.69, 9.17) is 21.1 Å². The summed E-state index contributed by atoms with van der Waals surface area (Å²) >= 11 is 6.05. The van der Waals surface area contributed by atoms with Crippen molar-refractivity contribution in [2.75, 3.05) is 14.2 Å². The Labute approximate surface area is 146 Å². The van der Waals surface area contributed by atoms with Gasteiger partial charge in [-0.25, -0.2) is 13.1 Å². The van der Waals surface area contributed by atoms with E-state index in [1.54, 1.807) is 13.1 Å². The summed E-state index contributed by atoms with van der Waals surface area (Å²) < 4.78 is 38.2. The highest BCUT2D eigenvalue weighted by Crippen LogP contribution is 2.35. The van der Waals surface area contributed by atoms with Crippen molar-refractivity contribution in [3.8, 4) is 11.5 Å². The van der Waals surface area contributed by atoms with E-state index in [2.05, 4.69) is 9.71 Å². The molecule has 0 aliphatic heterocycles. The maximum absolute atomic E-state index is 12.7. The zero-order valence-electron chi connectivity index (χ0n) is 13.6. The van der Waals surface area contributed by atoms with E-state index < -0.39 is 10.0 Å². The van der Waals surface area contributed by atoms with Gasteiger partial charge in [0.15, 0.2) is 0 Å². The van der Waals surface area contributed by atoms with Crippen LogP contribution in [-0.2, 0) is 16.4 Å². The van der Waals surface area contributed by atoms with E-state index in [1.807, 2.05) is 18.2 Å². The minimum absolute atomic E-state index is 0.0383. The van der Waals surface area contributed by atoms with Crippen LogP contribution in [0.1, 0.15) is 12.6 Å². The summed E-state index contributed by atoms with van der Waals surface area (Å²) in [6.07, 6.45) is 2.13. The molecular formula is C16H19ClN2O4S. The Hall–Kier alpha value is -1.83. The summed E-state index contributed by atoms with van der Waals surface area (Å²) in [5.74, 6) is 0.503. The first kappa shape index (κ1) is 18.5. The van der Waals surface area contributed by atoms with Gasteiger partial charge < -0.3 is 9.47 Å². The quantitative estimate of drug-likeness (QED) is 0.810. The number of benzene rings is 1. The molecule has 0 amide bonds. The molecule has 130 valence electrons. The van der Waals surface area contributed by atoms with Gasteiger partial charge in [-0.05, 0) is 25.1 Å². The van der Waals surface area contributed by atoms with Gasteiger partial charge in [0.05, 0.1) is 19.2 Å². The predicted molar refractivity (Wildman–Crippen MR) is 92.3 cm³/mol. The zero-order valence-corrected chi connectivity index (χ0v) is 15.2. The molecule has 0 unspecified atom stereocenters. The molecule has 6 nitrogen and oxygen atoms in total. The lowest BCUT2D eigenvalue weighted by Crippen LogP contribution is -2.34. The Balaban J connectivity index is 2.25. The first-order valence-corrected chi connectivity index (χ1v) is 9.07. The van der Waals surface area contributed by atoms with Crippen molar-refractivity contribution < 1.29 is 17.9 Å². The molecular weight excluding hydrogens is 352 g/mol. The molecule has 0 aliphatic carbocycles. The molecule has 24 heavy (non-hydrogen) atoms. The predicted octanol–water partition coefficient (Wildman–Crippen LogP) is 2.66. The van der Waals surface area contributed by atoms with Crippen molar-refractivity contribution in [2.45, 2.75) is 24.3 Å². The molecule has 0 aliphatic rings. The fraction of sp³-hybridized carbons (Fsp3) is 0.312. The van der Waals surface area contributed by atoms with Gasteiger partial charge in [-0.15, -0.1) is 0 Å². The van der Waals surface area contributed by atoms with Gasteiger partial charge in [-0.2, -0.15) is 0 Å². The Bertz CT molecular complexity index is 797. The molecule has 0 radical (unpaired) electrons. The van der Waals surface area contributed by atoms with E-state index >= 15 is 0 Å². The lowest BCUT2D eigenvalue weighted by Gasteiger charge is -2.17. The van der Waals surface area contributed by atoms with Crippen LogP contribution in [0.5, 0.6) is 11.5 Å². The standard InChI is InChI=1S/C16H19ClN2O4S/c1-11(8-12-6-4-5-7-18-12)19-24(20,21)16-9-13(17)14(22-2)10-15(16)23-3/h4-7,9-11,19H,8H2,1-3H3/t11-/m0/s1. The van der Waals surface area contributed by atoms with Crippen LogP contribution in [0.2, 0.25) is 5.02 Å². The Morgan fingerprint density at radius 3 is 2.50 bits per heavy atom. The summed E-state index contributed by atoms with van der Waals surface area (Å²) in [6, 6.07) is 7.92. The number of halogens is 1. The second kappa shape index (κ2) is 7.83. The first-order valence-electron chi connectivity index (χ1n) is 7.21. The Kier molecular flexibility index (Phi) is 6.04. The van der Waals surface area contributed by atoms with Crippen LogP contribution in [0, 0.1) is 0 Å². The molecule has 0 bridgehead atoms. The number of sulfonamides is 1. The second-order valence-corrected chi connectivity index (χ2v) is 7.27. The maximum Gasteiger partial charge on any atom is 0.244 e. The van der Waals surface area contributed by atoms with Gasteiger partial charge in [0.25, 0.3) is 0 Å². The number of pyridine rings is 1. The van der Waals surface area contributed by atoms with E-state index in [0.29, 0.717) is 12.2 Å². The van der Waals surface area contributed by atoms with E-state index in [-0.39, 0.29) is 21.7 Å². The number of ether oxygens (including phenoxy) is 2. The highest BCUT2D eigenvalue weighted by molar-refractivity contribution is 7.89. The number of nitrogens with zero attached hydrogens (tertiary/aromatic N) is 1. The summed E-state index contributed by atoms with van der Waals surface area (Å²) in [4.78, 5) is 4.16. The third-order valence-electron chi connectivity index (χ3n) is 3.33. The van der Waals surface area contributed by atoms with Gasteiger partial charge in [-0.1, -0.05) is 17.7 Å². The number of methoxy groups -OCH3 is 2. The number of aromatic nitrogens is 1. The van der Waals surface area contributed by atoms with Crippen LogP contribution in [0.25, 0.3) is 0 Å². The normalized spacial score (nSPS) is 12.7. The van der Waals surface area contributed by atoms with Gasteiger partial charge in [-0.3, -0.25) is 4.98 Å². The molecule has 2 aromatic rings. The van der Waals surface area contributed by atoms with Crippen LogP contribution in [0.3, 0.4) is 0 Å². The maximum atomic E-state index is 12.7. The van der Waals surface area contributed by atoms with E-state index in [9.17, 15) is 8.42 Å². The van der Waals surface area contributed by atoms with Crippen LogP contribution >= 0.6 is 11.6 Å². The largest absolute Gasteiger partial charge is 0.495 e. The zero-order chi connectivity index (χ0) is 17.7. The topological polar surface area (TPSA) is 77.5 Å². The minimum atomic E-state index is -3.81. The molecule has 1 atom stereocenters. The molecule has 0 fully saturated rings. The molecule has 1 aromatic heterocycles. The minimum Gasteiger partial charge on any atom is -0.495 e.